The van der Waals surface area contributed by atoms with Crippen molar-refractivity contribution in [2.24, 2.45) is 0 Å². The first-order chi connectivity index (χ1) is 11.7. The fourth-order valence-corrected chi connectivity index (χ4v) is 2.09. The van der Waals surface area contributed by atoms with E-state index in [-0.39, 0.29) is 43.2 Å². The van der Waals surface area contributed by atoms with E-state index in [4.69, 9.17) is 68.5 Å². The highest BCUT2D eigenvalue weighted by molar-refractivity contribution is 6.41. The average molecular weight is 440 g/mol. The summed E-state index contributed by atoms with van der Waals surface area (Å²) in [6.07, 6.45) is 0. The van der Waals surface area contributed by atoms with Crippen molar-refractivity contribution in [2.45, 2.75) is 19.9 Å². The molecule has 0 saturated carbocycles. The molecule has 0 fully saturated rings. The van der Waals surface area contributed by atoms with Crippen LogP contribution >= 0.6 is 58.0 Å². The van der Waals surface area contributed by atoms with Crippen LogP contribution in [0.4, 0.5) is 5.82 Å². The molecule has 0 saturated heterocycles. The van der Waals surface area contributed by atoms with E-state index >= 15 is 0 Å². The quantitative estimate of drug-likeness (QED) is 0.716. The van der Waals surface area contributed by atoms with Crippen LogP contribution in [-0.2, 0) is 0 Å². The monoisotopic (exact) mass is 437 g/mol. The lowest BCUT2D eigenvalue weighted by Crippen LogP contribution is -2.12. The Morgan fingerprint density at radius 1 is 0.720 bits per heavy atom. The normalized spacial score (nSPS) is 9.68. The molecule has 12 heteroatoms. The Morgan fingerprint density at radius 2 is 1.16 bits per heavy atom. The highest BCUT2D eigenvalue weighted by atomic mass is 35.5. The molecular formula is C13H8Cl5N7. The number of aromatic nitrogens is 4. The van der Waals surface area contributed by atoms with Gasteiger partial charge in [0.2, 0.25) is 0 Å². The second kappa shape index (κ2) is 9.76. The number of nitrogens with one attached hydrogen (secondary N) is 1. The molecule has 0 amide bonds. The van der Waals surface area contributed by atoms with Gasteiger partial charge in [-0.25, -0.2) is 19.9 Å². The number of nitrogens with zero attached hydrogens (tertiary/aromatic N) is 6. The maximum absolute atomic E-state index is 8.60. The fourth-order valence-electron chi connectivity index (χ4n) is 1.28. The van der Waals surface area contributed by atoms with E-state index in [1.54, 1.807) is 12.1 Å². The molecule has 0 aliphatic rings. The minimum Gasteiger partial charge on any atom is -0.365 e. The minimum absolute atomic E-state index is 0.00401. The van der Waals surface area contributed by atoms with Crippen molar-refractivity contribution in [1.82, 2.24) is 19.9 Å². The molecule has 2 heterocycles. The molecule has 2 aromatic rings. The van der Waals surface area contributed by atoms with Crippen molar-refractivity contribution < 1.29 is 0 Å². The molecule has 0 spiro atoms. The van der Waals surface area contributed by atoms with Gasteiger partial charge in [-0.1, -0.05) is 58.0 Å². The van der Waals surface area contributed by atoms with Gasteiger partial charge in [0.25, 0.3) is 0 Å². The standard InChI is InChI=1S/C8H8Cl2N4.C5Cl3N3/c1-4(2)12-8-7(10)13-5(3-11)6(9)14-8;6-3-2(1-9)10-4(7)5(8)11-3/h4H,1-2H3,(H,12,14);. The Balaban J connectivity index is 0.000000257. The predicted octanol–water partition coefficient (Wildman–Crippen LogP) is 4.78. The zero-order chi connectivity index (χ0) is 19.1. The van der Waals surface area contributed by atoms with E-state index in [1.807, 2.05) is 13.8 Å². The lowest BCUT2D eigenvalue weighted by molar-refractivity contribution is 0.885. The molecule has 0 aliphatic carbocycles. The first-order valence-corrected chi connectivity index (χ1v) is 8.26. The smallest absolute Gasteiger partial charge is 0.179 e. The summed E-state index contributed by atoms with van der Waals surface area (Å²) in [4.78, 5) is 14.8. The Bertz CT molecular complexity index is 857. The molecule has 0 bridgehead atoms. The van der Waals surface area contributed by atoms with E-state index in [1.165, 1.54) is 0 Å². The summed E-state index contributed by atoms with van der Waals surface area (Å²) >= 11 is 27.8. The third-order valence-corrected chi connectivity index (χ3v) is 3.63. The SMILES string of the molecule is CC(C)Nc1nc(Cl)c(C#N)nc1Cl.N#Cc1nc(Cl)c(Cl)nc1Cl. The number of anilines is 1. The summed E-state index contributed by atoms with van der Waals surface area (Å²) in [5.74, 6) is 0.394. The van der Waals surface area contributed by atoms with Gasteiger partial charge in [0.1, 0.15) is 12.1 Å². The van der Waals surface area contributed by atoms with Crippen molar-refractivity contribution in [1.29, 1.82) is 10.5 Å². The van der Waals surface area contributed by atoms with E-state index in [0.29, 0.717) is 5.82 Å². The second-order valence-corrected chi connectivity index (χ2v) is 6.26. The Morgan fingerprint density at radius 3 is 1.64 bits per heavy atom. The van der Waals surface area contributed by atoms with Crippen LogP contribution < -0.4 is 5.32 Å². The van der Waals surface area contributed by atoms with Crippen LogP contribution in [0.3, 0.4) is 0 Å². The fraction of sp³-hybridized carbons (Fsp3) is 0.231. The zero-order valence-corrected chi connectivity index (χ0v) is 16.4. The molecule has 2 aromatic heterocycles. The zero-order valence-electron chi connectivity index (χ0n) is 12.7. The molecule has 0 atom stereocenters. The van der Waals surface area contributed by atoms with Crippen LogP contribution in [0.25, 0.3) is 0 Å². The van der Waals surface area contributed by atoms with Gasteiger partial charge >= 0.3 is 0 Å². The average Bonchev–Trinajstić information content (AvgIpc) is 2.54. The van der Waals surface area contributed by atoms with Crippen LogP contribution in [-0.4, -0.2) is 26.0 Å². The molecule has 130 valence electrons. The Hall–Kier alpha value is -1.61. The van der Waals surface area contributed by atoms with Gasteiger partial charge < -0.3 is 5.32 Å². The summed E-state index contributed by atoms with van der Waals surface area (Å²) < 4.78 is 0. The molecule has 25 heavy (non-hydrogen) atoms. The molecule has 0 aromatic carbocycles. The number of hydrogen-bond donors (Lipinski definition) is 1. The van der Waals surface area contributed by atoms with Crippen LogP contribution in [0.1, 0.15) is 25.2 Å². The van der Waals surface area contributed by atoms with Gasteiger partial charge in [0.05, 0.1) is 0 Å². The Labute approximate surface area is 168 Å². The third kappa shape index (κ3) is 6.32. The van der Waals surface area contributed by atoms with Crippen LogP contribution in [0.5, 0.6) is 0 Å². The molecule has 7 nitrogen and oxygen atoms in total. The Kier molecular flexibility index (Phi) is 8.37. The van der Waals surface area contributed by atoms with Crippen molar-refractivity contribution in [2.75, 3.05) is 5.32 Å². The van der Waals surface area contributed by atoms with Gasteiger partial charge in [0.15, 0.2) is 43.0 Å². The molecular weight excluding hydrogens is 431 g/mol. The summed E-state index contributed by atoms with van der Waals surface area (Å²) in [6.45, 7) is 3.87. The second-order valence-electron chi connectivity index (χ2n) is 4.47. The van der Waals surface area contributed by atoms with E-state index in [0.717, 1.165) is 0 Å². The van der Waals surface area contributed by atoms with Crippen LogP contribution in [0, 0.1) is 22.7 Å². The largest absolute Gasteiger partial charge is 0.365 e. The first kappa shape index (κ1) is 21.4. The van der Waals surface area contributed by atoms with Gasteiger partial charge in [-0.2, -0.15) is 10.5 Å². The highest BCUT2D eigenvalue weighted by Crippen LogP contribution is 2.22. The molecule has 0 aliphatic heterocycles. The highest BCUT2D eigenvalue weighted by Gasteiger charge is 2.11. The molecule has 0 radical (unpaired) electrons. The maximum atomic E-state index is 8.60. The molecule has 2 rings (SSSR count). The number of halogens is 5. The predicted molar refractivity (Wildman–Crippen MR) is 97.3 cm³/mol. The van der Waals surface area contributed by atoms with Crippen LogP contribution in [0.15, 0.2) is 0 Å². The van der Waals surface area contributed by atoms with Gasteiger partial charge in [0, 0.05) is 6.04 Å². The van der Waals surface area contributed by atoms with Crippen molar-refractivity contribution in [3.8, 4) is 12.1 Å². The van der Waals surface area contributed by atoms with E-state index in [2.05, 4.69) is 25.3 Å². The van der Waals surface area contributed by atoms with Crippen LogP contribution in [0.2, 0.25) is 25.8 Å². The lowest BCUT2D eigenvalue weighted by atomic mass is 10.4. The van der Waals surface area contributed by atoms with Crippen molar-refractivity contribution in [3.63, 3.8) is 0 Å². The van der Waals surface area contributed by atoms with Crippen molar-refractivity contribution in [3.05, 3.63) is 37.2 Å². The number of hydrogen-bond acceptors (Lipinski definition) is 7. The summed E-state index contributed by atoms with van der Waals surface area (Å²) in [7, 11) is 0. The molecule has 1 N–H and O–H groups in total. The van der Waals surface area contributed by atoms with Gasteiger partial charge in [-0.3, -0.25) is 0 Å². The number of nitriles is 2. The first-order valence-electron chi connectivity index (χ1n) is 6.37. The third-order valence-electron chi connectivity index (χ3n) is 2.22. The lowest BCUT2D eigenvalue weighted by Gasteiger charge is -2.10. The molecule has 0 unspecified atom stereocenters. The van der Waals surface area contributed by atoms with E-state index < -0.39 is 0 Å². The minimum atomic E-state index is -0.0399. The summed E-state index contributed by atoms with van der Waals surface area (Å²) in [6, 6.07) is 3.69. The maximum Gasteiger partial charge on any atom is 0.179 e. The van der Waals surface area contributed by atoms with Crippen molar-refractivity contribution >= 4 is 63.8 Å². The topological polar surface area (TPSA) is 111 Å². The van der Waals surface area contributed by atoms with E-state index in [9.17, 15) is 0 Å². The summed E-state index contributed by atoms with van der Waals surface area (Å²) in [5, 5.41) is 20.1. The van der Waals surface area contributed by atoms with Gasteiger partial charge in [-0.15, -0.1) is 0 Å². The number of rotatable bonds is 2. The summed E-state index contributed by atoms with van der Waals surface area (Å²) in [5.41, 5.74) is 0.00652. The van der Waals surface area contributed by atoms with Gasteiger partial charge in [-0.05, 0) is 13.8 Å².